The van der Waals surface area contributed by atoms with E-state index in [1.807, 2.05) is 5.38 Å². The van der Waals surface area contributed by atoms with Gasteiger partial charge in [-0.15, -0.1) is 11.3 Å². The third kappa shape index (κ3) is 2.39. The van der Waals surface area contributed by atoms with Crippen molar-refractivity contribution >= 4 is 22.9 Å². The van der Waals surface area contributed by atoms with Gasteiger partial charge in [-0.25, -0.2) is 0 Å². The molecule has 2 aromatic rings. The lowest BCUT2D eigenvalue weighted by Gasteiger charge is -2.06. The molecule has 5 heteroatoms. The van der Waals surface area contributed by atoms with E-state index in [1.54, 1.807) is 6.07 Å². The van der Waals surface area contributed by atoms with Gasteiger partial charge in [-0.1, -0.05) is 23.7 Å². The van der Waals surface area contributed by atoms with E-state index in [0.29, 0.717) is 4.34 Å². The van der Waals surface area contributed by atoms with Crippen molar-refractivity contribution in [2.45, 2.75) is 6.18 Å². The Bertz CT molecular complexity index is 485. The molecule has 0 amide bonds. The van der Waals surface area contributed by atoms with E-state index in [2.05, 4.69) is 0 Å². The van der Waals surface area contributed by atoms with E-state index in [0.717, 1.165) is 23.3 Å². The van der Waals surface area contributed by atoms with Crippen molar-refractivity contribution in [1.29, 1.82) is 0 Å². The van der Waals surface area contributed by atoms with Crippen molar-refractivity contribution in [3.05, 3.63) is 45.6 Å². The first-order valence-electron chi connectivity index (χ1n) is 4.38. The zero-order valence-corrected chi connectivity index (χ0v) is 9.46. The molecule has 0 fully saturated rings. The highest BCUT2D eigenvalue weighted by molar-refractivity contribution is 7.14. The van der Waals surface area contributed by atoms with Crippen molar-refractivity contribution < 1.29 is 13.2 Å². The lowest BCUT2D eigenvalue weighted by molar-refractivity contribution is -0.137. The average molecular weight is 263 g/mol. The summed E-state index contributed by atoms with van der Waals surface area (Å²) in [6.07, 6.45) is -4.29. The molecule has 0 unspecified atom stereocenters. The van der Waals surface area contributed by atoms with Gasteiger partial charge in [0.15, 0.2) is 0 Å². The van der Waals surface area contributed by atoms with Crippen LogP contribution in [0, 0.1) is 0 Å². The molecule has 0 aliphatic carbocycles. The van der Waals surface area contributed by atoms with Gasteiger partial charge in [0.2, 0.25) is 0 Å². The molecule has 0 atom stereocenters. The molecule has 0 aliphatic rings. The minimum absolute atomic E-state index is 0.620. The Balaban J connectivity index is 2.33. The van der Waals surface area contributed by atoms with Crippen molar-refractivity contribution in [2.24, 2.45) is 0 Å². The van der Waals surface area contributed by atoms with Crippen LogP contribution in [0.1, 0.15) is 5.56 Å². The number of alkyl halides is 3. The Labute approximate surface area is 99.3 Å². The molecule has 0 aliphatic heterocycles. The monoisotopic (exact) mass is 262 g/mol. The van der Waals surface area contributed by atoms with Gasteiger partial charge >= 0.3 is 6.18 Å². The van der Waals surface area contributed by atoms with E-state index in [4.69, 9.17) is 11.6 Å². The Morgan fingerprint density at radius 1 is 1.00 bits per heavy atom. The second kappa shape index (κ2) is 4.11. The highest BCUT2D eigenvalue weighted by Gasteiger charge is 2.29. The third-order valence-electron chi connectivity index (χ3n) is 2.11. The predicted octanol–water partition coefficient (Wildman–Crippen LogP) is 5.09. The molecule has 84 valence electrons. The molecule has 0 spiro atoms. The highest BCUT2D eigenvalue weighted by Crippen LogP contribution is 2.32. The summed E-state index contributed by atoms with van der Waals surface area (Å²) < 4.78 is 37.5. The maximum Gasteiger partial charge on any atom is 0.416 e. The minimum atomic E-state index is -4.29. The largest absolute Gasteiger partial charge is 0.416 e. The Hall–Kier alpha value is -1.00. The number of hydrogen-bond acceptors (Lipinski definition) is 1. The van der Waals surface area contributed by atoms with Crippen LogP contribution in [-0.2, 0) is 6.18 Å². The normalized spacial score (nSPS) is 11.8. The molecule has 2 rings (SSSR count). The second-order valence-electron chi connectivity index (χ2n) is 3.21. The van der Waals surface area contributed by atoms with Crippen molar-refractivity contribution in [2.75, 3.05) is 0 Å². The van der Waals surface area contributed by atoms with E-state index < -0.39 is 11.7 Å². The summed E-state index contributed by atoms with van der Waals surface area (Å²) in [5, 5.41) is 1.81. The van der Waals surface area contributed by atoms with Gasteiger partial charge in [0, 0.05) is 5.38 Å². The Morgan fingerprint density at radius 2 is 1.62 bits per heavy atom. The topological polar surface area (TPSA) is 0 Å². The summed E-state index contributed by atoms with van der Waals surface area (Å²) in [7, 11) is 0. The van der Waals surface area contributed by atoms with Gasteiger partial charge in [0.1, 0.15) is 0 Å². The molecule has 1 heterocycles. The minimum Gasteiger partial charge on any atom is -0.166 e. The molecule has 1 aromatic carbocycles. The van der Waals surface area contributed by atoms with Gasteiger partial charge in [-0.3, -0.25) is 0 Å². The smallest absolute Gasteiger partial charge is 0.166 e. The zero-order chi connectivity index (χ0) is 11.8. The number of rotatable bonds is 1. The molecule has 1 aromatic heterocycles. The molecule has 0 saturated heterocycles. The van der Waals surface area contributed by atoms with E-state index in [-0.39, 0.29) is 0 Å². The van der Waals surface area contributed by atoms with Gasteiger partial charge in [-0.2, -0.15) is 13.2 Å². The molecular weight excluding hydrogens is 257 g/mol. The summed E-state index contributed by atoms with van der Waals surface area (Å²) in [6, 6.07) is 6.76. The van der Waals surface area contributed by atoms with Crippen LogP contribution in [0.5, 0.6) is 0 Å². The molecule has 0 radical (unpaired) electrons. The van der Waals surface area contributed by atoms with Crippen molar-refractivity contribution in [1.82, 2.24) is 0 Å². The van der Waals surface area contributed by atoms with E-state index in [1.165, 1.54) is 23.5 Å². The van der Waals surface area contributed by atoms with Crippen LogP contribution < -0.4 is 0 Å². The fourth-order valence-electron chi connectivity index (χ4n) is 1.31. The number of halogens is 4. The standard InChI is InChI=1S/C11H6ClF3S/c12-10-5-8(6-16-10)7-1-3-9(4-2-7)11(13,14)15/h1-6H. The number of hydrogen-bond donors (Lipinski definition) is 0. The van der Waals surface area contributed by atoms with E-state index >= 15 is 0 Å². The van der Waals surface area contributed by atoms with Crippen LogP contribution in [0.3, 0.4) is 0 Å². The van der Waals surface area contributed by atoms with Gasteiger partial charge in [-0.05, 0) is 29.3 Å². The van der Waals surface area contributed by atoms with Gasteiger partial charge in [0.05, 0.1) is 9.90 Å². The van der Waals surface area contributed by atoms with Crippen LogP contribution in [0.2, 0.25) is 4.34 Å². The first kappa shape index (κ1) is 11.5. The average Bonchev–Trinajstić information content (AvgIpc) is 2.64. The molecule has 0 nitrogen and oxygen atoms in total. The quantitative estimate of drug-likeness (QED) is 0.672. The fourth-order valence-corrected chi connectivity index (χ4v) is 2.20. The molecule has 0 saturated carbocycles. The van der Waals surface area contributed by atoms with E-state index in [9.17, 15) is 13.2 Å². The van der Waals surface area contributed by atoms with Crippen molar-refractivity contribution in [3.8, 4) is 11.1 Å². The molecule has 16 heavy (non-hydrogen) atoms. The molecule has 0 bridgehead atoms. The lowest BCUT2D eigenvalue weighted by atomic mass is 10.1. The van der Waals surface area contributed by atoms with Crippen LogP contribution in [-0.4, -0.2) is 0 Å². The first-order valence-corrected chi connectivity index (χ1v) is 5.64. The maximum absolute atomic E-state index is 12.3. The fraction of sp³-hybridized carbons (Fsp3) is 0.0909. The van der Waals surface area contributed by atoms with Gasteiger partial charge < -0.3 is 0 Å². The van der Waals surface area contributed by atoms with Crippen LogP contribution in [0.4, 0.5) is 13.2 Å². The van der Waals surface area contributed by atoms with Crippen LogP contribution >= 0.6 is 22.9 Å². The highest BCUT2D eigenvalue weighted by atomic mass is 35.5. The lowest BCUT2D eigenvalue weighted by Crippen LogP contribution is -2.03. The summed E-state index contributed by atoms with van der Waals surface area (Å²) in [5.41, 5.74) is 0.928. The molecular formula is C11H6ClF3S. The third-order valence-corrected chi connectivity index (χ3v) is 3.20. The maximum atomic E-state index is 12.3. The van der Waals surface area contributed by atoms with Crippen molar-refractivity contribution in [3.63, 3.8) is 0 Å². The SMILES string of the molecule is FC(F)(F)c1ccc(-c2csc(Cl)c2)cc1. The Morgan fingerprint density at radius 3 is 2.06 bits per heavy atom. The summed E-state index contributed by atoms with van der Waals surface area (Å²) >= 11 is 7.10. The number of thiophene rings is 1. The predicted molar refractivity (Wildman–Crippen MR) is 59.8 cm³/mol. The second-order valence-corrected chi connectivity index (χ2v) is 4.76. The number of benzene rings is 1. The summed E-state index contributed by atoms with van der Waals surface area (Å²) in [4.78, 5) is 0. The Kier molecular flexibility index (Phi) is 2.95. The summed E-state index contributed by atoms with van der Waals surface area (Å²) in [5.74, 6) is 0. The van der Waals surface area contributed by atoms with Crippen LogP contribution in [0.15, 0.2) is 35.7 Å². The zero-order valence-electron chi connectivity index (χ0n) is 7.88. The van der Waals surface area contributed by atoms with Gasteiger partial charge in [0.25, 0.3) is 0 Å². The summed E-state index contributed by atoms with van der Waals surface area (Å²) in [6.45, 7) is 0. The molecule has 0 N–H and O–H groups in total. The first-order chi connectivity index (χ1) is 7.47. The van der Waals surface area contributed by atoms with Crippen LogP contribution in [0.25, 0.3) is 11.1 Å².